The summed E-state index contributed by atoms with van der Waals surface area (Å²) < 4.78 is 14.0. The molecular formula is C17H27ClFNO. The molecule has 120 valence electrons. The van der Waals surface area contributed by atoms with Crippen molar-refractivity contribution in [2.45, 2.75) is 58.6 Å². The molecule has 21 heavy (non-hydrogen) atoms. The highest BCUT2D eigenvalue weighted by molar-refractivity contribution is 6.30. The number of nitrogens with zero attached hydrogens (tertiary/aromatic N) is 1. The van der Waals surface area contributed by atoms with Crippen LogP contribution in [0.1, 0.15) is 46.1 Å². The van der Waals surface area contributed by atoms with Crippen LogP contribution in [0.15, 0.2) is 18.2 Å². The Balaban J connectivity index is 3.03. The lowest BCUT2D eigenvalue weighted by atomic mass is 9.81. The summed E-state index contributed by atoms with van der Waals surface area (Å²) in [4.78, 5) is 2.28. The Morgan fingerprint density at radius 2 is 1.76 bits per heavy atom. The third-order valence-corrected chi connectivity index (χ3v) is 4.90. The van der Waals surface area contributed by atoms with E-state index in [0.29, 0.717) is 17.0 Å². The summed E-state index contributed by atoms with van der Waals surface area (Å²) >= 11 is 5.78. The fraction of sp³-hybridized carbons (Fsp3) is 0.647. The van der Waals surface area contributed by atoms with E-state index in [-0.39, 0.29) is 11.4 Å². The van der Waals surface area contributed by atoms with Crippen molar-refractivity contribution < 1.29 is 9.50 Å². The van der Waals surface area contributed by atoms with E-state index < -0.39 is 6.10 Å². The molecule has 1 aromatic carbocycles. The average Bonchev–Trinajstić information content (AvgIpc) is 2.47. The number of halogens is 2. The number of benzene rings is 1. The maximum atomic E-state index is 14.0. The summed E-state index contributed by atoms with van der Waals surface area (Å²) in [6, 6.07) is 4.64. The van der Waals surface area contributed by atoms with Gasteiger partial charge in [-0.15, -0.1) is 0 Å². The van der Waals surface area contributed by atoms with Gasteiger partial charge >= 0.3 is 0 Å². The number of aliphatic hydroxyl groups is 1. The van der Waals surface area contributed by atoms with Gasteiger partial charge in [0.1, 0.15) is 5.82 Å². The van der Waals surface area contributed by atoms with E-state index in [1.165, 1.54) is 6.07 Å². The van der Waals surface area contributed by atoms with Gasteiger partial charge in [0.2, 0.25) is 0 Å². The highest BCUT2D eigenvalue weighted by Crippen LogP contribution is 2.30. The van der Waals surface area contributed by atoms with Gasteiger partial charge in [0, 0.05) is 17.0 Å². The summed E-state index contributed by atoms with van der Waals surface area (Å²) in [5.41, 5.74) is 0.209. The van der Waals surface area contributed by atoms with Crippen molar-refractivity contribution in [3.63, 3.8) is 0 Å². The molecule has 0 saturated heterocycles. The third-order valence-electron chi connectivity index (χ3n) is 4.67. The van der Waals surface area contributed by atoms with Crippen LogP contribution in [-0.4, -0.2) is 34.7 Å². The number of rotatable bonds is 8. The van der Waals surface area contributed by atoms with Crippen LogP contribution in [0, 0.1) is 5.82 Å². The second kappa shape index (κ2) is 8.11. The molecule has 0 radical (unpaired) electrons. The van der Waals surface area contributed by atoms with Gasteiger partial charge in [0.25, 0.3) is 0 Å². The molecule has 1 unspecified atom stereocenters. The number of hydrogen-bond donors (Lipinski definition) is 1. The molecule has 0 saturated carbocycles. The van der Waals surface area contributed by atoms with Crippen LogP contribution in [-0.2, 0) is 6.42 Å². The molecule has 0 heterocycles. The second-order valence-corrected chi connectivity index (χ2v) is 5.88. The van der Waals surface area contributed by atoms with E-state index in [1.807, 2.05) is 0 Å². The summed E-state index contributed by atoms with van der Waals surface area (Å²) in [5, 5.41) is 11.2. The van der Waals surface area contributed by atoms with Crippen molar-refractivity contribution in [2.75, 3.05) is 13.1 Å². The van der Waals surface area contributed by atoms with Crippen LogP contribution < -0.4 is 0 Å². The number of hydrogen-bond acceptors (Lipinski definition) is 2. The largest absolute Gasteiger partial charge is 0.391 e. The van der Waals surface area contributed by atoms with Crippen LogP contribution in [0.25, 0.3) is 0 Å². The maximum absolute atomic E-state index is 14.0. The molecule has 4 heteroatoms. The average molecular weight is 316 g/mol. The summed E-state index contributed by atoms with van der Waals surface area (Å²) in [5.74, 6) is -0.345. The van der Waals surface area contributed by atoms with E-state index in [2.05, 4.69) is 32.6 Å². The minimum Gasteiger partial charge on any atom is -0.391 e. The highest BCUT2D eigenvalue weighted by Gasteiger charge is 2.39. The van der Waals surface area contributed by atoms with E-state index in [1.54, 1.807) is 12.1 Å². The van der Waals surface area contributed by atoms with Crippen molar-refractivity contribution >= 4 is 11.6 Å². The minimum absolute atomic E-state index is 0.307. The quantitative estimate of drug-likeness (QED) is 0.774. The first-order valence-electron chi connectivity index (χ1n) is 7.82. The van der Waals surface area contributed by atoms with E-state index in [0.717, 1.165) is 25.9 Å². The van der Waals surface area contributed by atoms with Gasteiger partial charge in [0.15, 0.2) is 0 Å². The van der Waals surface area contributed by atoms with Crippen LogP contribution >= 0.6 is 11.6 Å². The Kier molecular flexibility index (Phi) is 7.11. The van der Waals surface area contributed by atoms with E-state index >= 15 is 0 Å². The molecular weight excluding hydrogens is 289 g/mol. The van der Waals surface area contributed by atoms with Crippen LogP contribution in [0.3, 0.4) is 0 Å². The monoisotopic (exact) mass is 315 g/mol. The fourth-order valence-electron chi connectivity index (χ4n) is 3.32. The molecule has 0 aliphatic heterocycles. The van der Waals surface area contributed by atoms with Gasteiger partial charge in [0.05, 0.1) is 6.10 Å². The van der Waals surface area contributed by atoms with E-state index in [9.17, 15) is 9.50 Å². The Morgan fingerprint density at radius 1 is 1.19 bits per heavy atom. The molecule has 1 N–H and O–H groups in total. The molecule has 1 aromatic rings. The molecule has 0 amide bonds. The molecule has 0 bridgehead atoms. The molecule has 1 atom stereocenters. The van der Waals surface area contributed by atoms with Gasteiger partial charge in [-0.3, -0.25) is 4.90 Å². The Bertz CT molecular complexity index is 444. The molecule has 1 rings (SSSR count). The van der Waals surface area contributed by atoms with Crippen molar-refractivity contribution in [2.24, 2.45) is 0 Å². The predicted octanol–water partition coefficient (Wildman–Crippen LogP) is 4.28. The Labute approximate surface area is 132 Å². The zero-order valence-electron chi connectivity index (χ0n) is 13.5. The highest BCUT2D eigenvalue weighted by atomic mass is 35.5. The topological polar surface area (TPSA) is 23.5 Å². The smallest absolute Gasteiger partial charge is 0.127 e. The third kappa shape index (κ3) is 3.97. The lowest BCUT2D eigenvalue weighted by molar-refractivity contribution is -0.0344. The summed E-state index contributed by atoms with van der Waals surface area (Å²) in [6.07, 6.45) is 1.37. The molecule has 0 aliphatic rings. The van der Waals surface area contributed by atoms with Crippen LogP contribution in [0.2, 0.25) is 5.02 Å². The fourth-order valence-corrected chi connectivity index (χ4v) is 3.48. The van der Waals surface area contributed by atoms with Crippen molar-refractivity contribution in [3.8, 4) is 0 Å². The number of aliphatic hydroxyl groups excluding tert-OH is 1. The standard InChI is InChI=1S/C17H27ClFNO/c1-5-17(6-2,20(7-3)8-4)16(21)11-13-9-10-14(18)12-15(13)19/h9-10,12,16,21H,5-8,11H2,1-4H3. The van der Waals surface area contributed by atoms with E-state index in [4.69, 9.17) is 11.6 Å². The van der Waals surface area contributed by atoms with Crippen LogP contribution in [0.5, 0.6) is 0 Å². The molecule has 0 spiro atoms. The molecule has 0 fully saturated rings. The SMILES string of the molecule is CCN(CC)C(CC)(CC)C(O)Cc1ccc(Cl)cc1F. The maximum Gasteiger partial charge on any atom is 0.127 e. The van der Waals surface area contributed by atoms with Gasteiger partial charge in [-0.05, 0) is 43.6 Å². The van der Waals surface area contributed by atoms with Gasteiger partial charge in [-0.1, -0.05) is 45.4 Å². The Morgan fingerprint density at radius 3 is 2.19 bits per heavy atom. The molecule has 0 aromatic heterocycles. The number of likely N-dealkylation sites (N-methyl/N-ethyl adjacent to an activating group) is 1. The van der Waals surface area contributed by atoms with Gasteiger partial charge < -0.3 is 5.11 Å². The van der Waals surface area contributed by atoms with Crippen LogP contribution in [0.4, 0.5) is 4.39 Å². The first kappa shape index (κ1) is 18.4. The first-order valence-corrected chi connectivity index (χ1v) is 8.19. The van der Waals surface area contributed by atoms with Crippen molar-refractivity contribution in [1.29, 1.82) is 0 Å². The Hall–Kier alpha value is -0.640. The normalized spacial score (nSPS) is 13.7. The molecule has 2 nitrogen and oxygen atoms in total. The zero-order valence-corrected chi connectivity index (χ0v) is 14.3. The second-order valence-electron chi connectivity index (χ2n) is 5.44. The lowest BCUT2D eigenvalue weighted by Crippen LogP contribution is -2.56. The summed E-state index contributed by atoms with van der Waals surface area (Å²) in [6.45, 7) is 10.1. The lowest BCUT2D eigenvalue weighted by Gasteiger charge is -2.46. The summed E-state index contributed by atoms with van der Waals surface area (Å²) in [7, 11) is 0. The first-order chi connectivity index (χ1) is 9.94. The molecule has 0 aliphatic carbocycles. The predicted molar refractivity (Wildman–Crippen MR) is 87.4 cm³/mol. The van der Waals surface area contributed by atoms with Crippen molar-refractivity contribution in [3.05, 3.63) is 34.6 Å². The van der Waals surface area contributed by atoms with Gasteiger partial charge in [-0.25, -0.2) is 4.39 Å². The van der Waals surface area contributed by atoms with Crippen molar-refractivity contribution in [1.82, 2.24) is 4.90 Å². The van der Waals surface area contributed by atoms with Gasteiger partial charge in [-0.2, -0.15) is 0 Å². The zero-order chi connectivity index (χ0) is 16.0. The minimum atomic E-state index is -0.608.